The maximum atomic E-state index is 12.8. The number of carbonyl (C=O) groups excluding carboxylic acids is 2. The molecule has 1 aliphatic carbocycles. The summed E-state index contributed by atoms with van der Waals surface area (Å²) in [6, 6.07) is 9.27. The van der Waals surface area contributed by atoms with Gasteiger partial charge in [0.15, 0.2) is 0 Å². The van der Waals surface area contributed by atoms with E-state index in [-0.39, 0.29) is 19.1 Å². The van der Waals surface area contributed by atoms with E-state index in [1.807, 2.05) is 30.3 Å². The van der Waals surface area contributed by atoms with Crippen LogP contribution in [0.15, 0.2) is 30.3 Å². The number of carbonyl (C=O) groups is 2. The molecule has 6 nitrogen and oxygen atoms in total. The van der Waals surface area contributed by atoms with Crippen molar-refractivity contribution in [2.45, 2.75) is 56.8 Å². The third-order valence-electron chi connectivity index (χ3n) is 5.02. The van der Waals surface area contributed by atoms with Crippen LogP contribution in [0.2, 0.25) is 0 Å². The molecule has 1 aromatic carbocycles. The van der Waals surface area contributed by atoms with Gasteiger partial charge in [0, 0.05) is 0 Å². The fraction of sp³-hybridized carbons (Fsp3) is 0.579. The summed E-state index contributed by atoms with van der Waals surface area (Å²) in [6.45, 7) is 0.447. The Hall–Kier alpha value is -1.92. The van der Waals surface area contributed by atoms with Gasteiger partial charge in [0.05, 0.1) is 25.9 Å². The molecule has 1 atom stereocenters. The van der Waals surface area contributed by atoms with E-state index in [1.54, 1.807) is 0 Å². The number of urea groups is 1. The molecule has 2 aliphatic rings. The molecule has 1 aromatic rings. The maximum Gasteiger partial charge on any atom is 0.325 e. The number of nitrogens with one attached hydrogen (secondary N) is 1. The Morgan fingerprint density at radius 2 is 1.80 bits per heavy atom. The van der Waals surface area contributed by atoms with E-state index < -0.39 is 17.7 Å². The first-order valence-corrected chi connectivity index (χ1v) is 9.05. The van der Waals surface area contributed by atoms with Crippen LogP contribution in [0.3, 0.4) is 0 Å². The summed E-state index contributed by atoms with van der Waals surface area (Å²) < 4.78 is 5.50. The van der Waals surface area contributed by atoms with Crippen LogP contribution in [0, 0.1) is 0 Å². The standard InChI is InChI=1S/C19H26N2O4/c22-16(14-25-13-15-8-4-3-5-9-15)12-21-17(23)19(20-18(21)24)10-6-1-2-7-11-19/h3-5,8-9,16,22H,1-2,6-7,10-14H2,(H,20,24)/t16-/m0/s1. The predicted octanol–water partition coefficient (Wildman–Crippen LogP) is 2.21. The van der Waals surface area contributed by atoms with Crippen LogP contribution in [-0.2, 0) is 16.1 Å². The number of aliphatic hydroxyl groups excluding tert-OH is 1. The minimum atomic E-state index is -0.889. The van der Waals surface area contributed by atoms with Gasteiger partial charge < -0.3 is 15.2 Å². The number of amides is 3. The highest BCUT2D eigenvalue weighted by atomic mass is 16.5. The average molecular weight is 346 g/mol. The lowest BCUT2D eigenvalue weighted by Crippen LogP contribution is -2.47. The molecular weight excluding hydrogens is 320 g/mol. The molecule has 1 saturated carbocycles. The molecule has 6 heteroatoms. The zero-order chi connectivity index (χ0) is 17.7. The molecular formula is C19H26N2O4. The first kappa shape index (κ1) is 17.9. The lowest BCUT2D eigenvalue weighted by atomic mass is 9.90. The second-order valence-electron chi connectivity index (χ2n) is 7.00. The monoisotopic (exact) mass is 346 g/mol. The van der Waals surface area contributed by atoms with Crippen molar-refractivity contribution in [1.29, 1.82) is 0 Å². The highest BCUT2D eigenvalue weighted by Crippen LogP contribution is 2.32. The third kappa shape index (κ3) is 4.19. The molecule has 1 aliphatic heterocycles. The Labute approximate surface area is 148 Å². The van der Waals surface area contributed by atoms with Crippen molar-refractivity contribution < 1.29 is 19.4 Å². The fourth-order valence-corrected chi connectivity index (χ4v) is 3.66. The van der Waals surface area contributed by atoms with E-state index in [1.165, 1.54) is 0 Å². The van der Waals surface area contributed by atoms with Gasteiger partial charge in [-0.1, -0.05) is 56.0 Å². The number of hydrogen-bond donors (Lipinski definition) is 2. The van der Waals surface area contributed by atoms with Crippen molar-refractivity contribution in [3.8, 4) is 0 Å². The van der Waals surface area contributed by atoms with Crippen LogP contribution in [-0.4, -0.2) is 46.7 Å². The van der Waals surface area contributed by atoms with Crippen LogP contribution in [0.1, 0.15) is 44.1 Å². The molecule has 1 saturated heterocycles. The molecule has 0 radical (unpaired) electrons. The maximum absolute atomic E-state index is 12.8. The van der Waals surface area contributed by atoms with Gasteiger partial charge in [0.25, 0.3) is 5.91 Å². The van der Waals surface area contributed by atoms with Gasteiger partial charge in [-0.25, -0.2) is 4.79 Å². The summed E-state index contributed by atoms with van der Waals surface area (Å²) in [5.74, 6) is -0.193. The number of ether oxygens (including phenoxy) is 1. The largest absolute Gasteiger partial charge is 0.389 e. The van der Waals surface area contributed by atoms with Gasteiger partial charge in [0.2, 0.25) is 0 Å². The molecule has 1 heterocycles. The summed E-state index contributed by atoms with van der Waals surface area (Å²) in [4.78, 5) is 26.2. The van der Waals surface area contributed by atoms with Gasteiger partial charge in [-0.05, 0) is 18.4 Å². The van der Waals surface area contributed by atoms with Crippen molar-refractivity contribution in [2.24, 2.45) is 0 Å². The normalized spacial score (nSPS) is 21.2. The molecule has 0 aromatic heterocycles. The quantitative estimate of drug-likeness (QED) is 0.774. The van der Waals surface area contributed by atoms with Crippen LogP contribution in [0.25, 0.3) is 0 Å². The highest BCUT2D eigenvalue weighted by Gasteiger charge is 2.50. The lowest BCUT2D eigenvalue weighted by Gasteiger charge is -2.25. The first-order valence-electron chi connectivity index (χ1n) is 9.05. The minimum Gasteiger partial charge on any atom is -0.389 e. The number of benzene rings is 1. The summed E-state index contributed by atoms with van der Waals surface area (Å²) in [5, 5.41) is 13.0. The Balaban J connectivity index is 1.51. The van der Waals surface area contributed by atoms with E-state index in [2.05, 4.69) is 5.32 Å². The zero-order valence-electron chi connectivity index (χ0n) is 14.4. The highest BCUT2D eigenvalue weighted by molar-refractivity contribution is 6.07. The molecule has 3 amide bonds. The number of β-amino-alcohol motifs (C(OH)–C–C–N with tert-alkyl or cyclic N) is 1. The molecule has 0 bridgehead atoms. The van der Waals surface area contributed by atoms with Crippen LogP contribution < -0.4 is 5.32 Å². The van der Waals surface area contributed by atoms with Gasteiger partial charge >= 0.3 is 6.03 Å². The Morgan fingerprint density at radius 3 is 2.48 bits per heavy atom. The van der Waals surface area contributed by atoms with Gasteiger partial charge in [-0.2, -0.15) is 0 Å². The van der Waals surface area contributed by atoms with E-state index in [0.29, 0.717) is 19.4 Å². The van der Waals surface area contributed by atoms with Crippen LogP contribution in [0.4, 0.5) is 4.79 Å². The van der Waals surface area contributed by atoms with Crippen LogP contribution >= 0.6 is 0 Å². The summed E-state index contributed by atoms with van der Waals surface area (Å²) >= 11 is 0. The van der Waals surface area contributed by atoms with Crippen molar-refractivity contribution in [2.75, 3.05) is 13.2 Å². The van der Waals surface area contributed by atoms with E-state index in [9.17, 15) is 14.7 Å². The first-order chi connectivity index (χ1) is 12.1. The number of hydrogen-bond acceptors (Lipinski definition) is 4. The minimum absolute atomic E-state index is 0.0266. The van der Waals surface area contributed by atoms with Gasteiger partial charge in [0.1, 0.15) is 5.54 Å². The SMILES string of the molecule is O=C1NC2(CCCCCC2)C(=O)N1C[C@H](O)COCc1ccccc1. The second kappa shape index (κ2) is 7.97. The summed E-state index contributed by atoms with van der Waals surface area (Å²) in [7, 11) is 0. The summed E-state index contributed by atoms with van der Waals surface area (Å²) in [5.41, 5.74) is 0.264. The predicted molar refractivity (Wildman–Crippen MR) is 92.8 cm³/mol. The topological polar surface area (TPSA) is 78.9 Å². The molecule has 2 fully saturated rings. The van der Waals surface area contributed by atoms with Gasteiger partial charge in [-0.3, -0.25) is 9.69 Å². The average Bonchev–Trinajstić information content (AvgIpc) is 2.77. The molecule has 1 spiro atoms. The van der Waals surface area contributed by atoms with Crippen molar-refractivity contribution in [1.82, 2.24) is 10.2 Å². The smallest absolute Gasteiger partial charge is 0.325 e. The second-order valence-corrected chi connectivity index (χ2v) is 7.00. The lowest BCUT2D eigenvalue weighted by molar-refractivity contribution is -0.133. The van der Waals surface area contributed by atoms with E-state index >= 15 is 0 Å². The Morgan fingerprint density at radius 1 is 1.12 bits per heavy atom. The van der Waals surface area contributed by atoms with Crippen molar-refractivity contribution in [3.05, 3.63) is 35.9 Å². The van der Waals surface area contributed by atoms with Crippen LogP contribution in [0.5, 0.6) is 0 Å². The van der Waals surface area contributed by atoms with Crippen molar-refractivity contribution >= 4 is 11.9 Å². The zero-order valence-corrected chi connectivity index (χ0v) is 14.4. The third-order valence-corrected chi connectivity index (χ3v) is 5.02. The molecule has 2 N–H and O–H groups in total. The van der Waals surface area contributed by atoms with Crippen molar-refractivity contribution in [3.63, 3.8) is 0 Å². The molecule has 25 heavy (non-hydrogen) atoms. The Kier molecular flexibility index (Phi) is 5.71. The van der Waals surface area contributed by atoms with E-state index in [4.69, 9.17) is 4.74 Å². The summed E-state index contributed by atoms with van der Waals surface area (Å²) in [6.07, 6.45) is 4.58. The molecule has 136 valence electrons. The van der Waals surface area contributed by atoms with E-state index in [0.717, 1.165) is 36.1 Å². The Bertz CT molecular complexity index is 597. The fourth-order valence-electron chi connectivity index (χ4n) is 3.66. The number of rotatable bonds is 6. The molecule has 3 rings (SSSR count). The molecule has 0 unspecified atom stereocenters. The number of nitrogens with zero attached hydrogens (tertiary/aromatic N) is 1. The number of imide groups is 1. The van der Waals surface area contributed by atoms with Gasteiger partial charge in [-0.15, -0.1) is 0 Å². The number of aliphatic hydroxyl groups is 1.